The fraction of sp³-hybridized carbons (Fsp3) is 0.118. The first kappa shape index (κ1) is 21.9. The van der Waals surface area contributed by atoms with E-state index in [0.29, 0.717) is 0 Å². The summed E-state index contributed by atoms with van der Waals surface area (Å²) in [6.45, 7) is 8.82. The lowest BCUT2D eigenvalue weighted by atomic mass is 9.84. The average Bonchev–Trinajstić information content (AvgIpc) is 2.84. The van der Waals surface area contributed by atoms with Crippen molar-refractivity contribution in [3.05, 3.63) is 118 Å². The van der Waals surface area contributed by atoms with Crippen molar-refractivity contribution in [1.29, 1.82) is 0 Å². The predicted molar refractivity (Wildman–Crippen MR) is 154 cm³/mol. The second-order valence-electron chi connectivity index (χ2n) is 9.71. The molecule has 6 rings (SSSR count). The quantitative estimate of drug-likeness (QED) is 0.221. The number of hydrogen-bond acceptors (Lipinski definition) is 0. The molecule has 1 heteroatoms. The van der Waals surface area contributed by atoms with Gasteiger partial charge in [-0.05, 0) is 129 Å². The van der Waals surface area contributed by atoms with Crippen LogP contribution >= 0.6 is 11.6 Å². The first-order chi connectivity index (χ1) is 16.9. The molecule has 170 valence electrons. The molecule has 0 aliphatic rings. The van der Waals surface area contributed by atoms with Crippen molar-refractivity contribution < 1.29 is 0 Å². The van der Waals surface area contributed by atoms with E-state index in [1.54, 1.807) is 0 Å². The topological polar surface area (TPSA) is 0 Å². The van der Waals surface area contributed by atoms with Gasteiger partial charge >= 0.3 is 0 Å². The Bertz CT molecular complexity index is 1750. The van der Waals surface area contributed by atoms with Crippen LogP contribution in [0.15, 0.2) is 91.0 Å². The molecule has 0 amide bonds. The minimum atomic E-state index is 0.764. The Balaban J connectivity index is 1.85. The third kappa shape index (κ3) is 3.44. The highest BCUT2D eigenvalue weighted by atomic mass is 35.5. The predicted octanol–water partition coefficient (Wildman–Crippen LogP) is 10.4. The molecule has 0 aromatic heterocycles. The standard InChI is InChI=1S/C34H27Cl/c1-20-9-7-10-21(2)33(20)31-18-30-27-16-15-24(35)17-28(27)32(34-22(3)11-8-12-23(34)4)19-29(30)25-13-5-6-14-26(25)31/h5-19H,1-4H3. The summed E-state index contributed by atoms with van der Waals surface area (Å²) in [6.07, 6.45) is 0. The van der Waals surface area contributed by atoms with Crippen molar-refractivity contribution in [3.8, 4) is 22.3 Å². The van der Waals surface area contributed by atoms with Crippen LogP contribution in [0.5, 0.6) is 0 Å². The van der Waals surface area contributed by atoms with Crippen molar-refractivity contribution in [2.75, 3.05) is 0 Å². The number of hydrogen-bond donors (Lipinski definition) is 0. The molecule has 0 saturated carbocycles. The molecule has 0 bridgehead atoms. The lowest BCUT2D eigenvalue weighted by Gasteiger charge is -2.19. The van der Waals surface area contributed by atoms with Crippen molar-refractivity contribution in [2.45, 2.75) is 27.7 Å². The summed E-state index contributed by atoms with van der Waals surface area (Å²) in [5.41, 5.74) is 10.3. The van der Waals surface area contributed by atoms with Crippen molar-refractivity contribution in [1.82, 2.24) is 0 Å². The Morgan fingerprint density at radius 3 is 1.40 bits per heavy atom. The van der Waals surface area contributed by atoms with E-state index in [-0.39, 0.29) is 0 Å². The van der Waals surface area contributed by atoms with Gasteiger partial charge in [0.2, 0.25) is 0 Å². The Morgan fingerprint density at radius 1 is 0.400 bits per heavy atom. The highest BCUT2D eigenvalue weighted by Crippen LogP contribution is 2.44. The molecular weight excluding hydrogens is 444 g/mol. The van der Waals surface area contributed by atoms with E-state index in [0.717, 1.165) is 5.02 Å². The molecule has 0 radical (unpaired) electrons. The van der Waals surface area contributed by atoms with Crippen LogP contribution in [0, 0.1) is 27.7 Å². The summed E-state index contributed by atoms with van der Waals surface area (Å²) in [6, 6.07) is 33.1. The first-order valence-corrected chi connectivity index (χ1v) is 12.5. The van der Waals surface area contributed by atoms with Gasteiger partial charge in [0.25, 0.3) is 0 Å². The van der Waals surface area contributed by atoms with Gasteiger partial charge in [-0.25, -0.2) is 0 Å². The molecule has 35 heavy (non-hydrogen) atoms. The Kier molecular flexibility index (Phi) is 5.16. The van der Waals surface area contributed by atoms with Crippen molar-refractivity contribution >= 4 is 43.9 Å². The molecule has 0 atom stereocenters. The molecular formula is C34H27Cl. The molecule has 0 aliphatic carbocycles. The second kappa shape index (κ2) is 8.26. The highest BCUT2D eigenvalue weighted by Gasteiger charge is 2.17. The maximum Gasteiger partial charge on any atom is 0.0412 e. The lowest BCUT2D eigenvalue weighted by Crippen LogP contribution is -1.94. The van der Waals surface area contributed by atoms with Gasteiger partial charge in [-0.15, -0.1) is 0 Å². The monoisotopic (exact) mass is 470 g/mol. The molecule has 0 unspecified atom stereocenters. The summed E-state index contributed by atoms with van der Waals surface area (Å²) in [5, 5.41) is 8.32. The van der Waals surface area contributed by atoms with Gasteiger partial charge in [-0.1, -0.05) is 78.3 Å². The number of fused-ring (bicyclic) bond motifs is 5. The van der Waals surface area contributed by atoms with E-state index in [1.807, 2.05) is 6.07 Å². The molecule has 0 N–H and O–H groups in total. The van der Waals surface area contributed by atoms with Crippen LogP contribution in [-0.4, -0.2) is 0 Å². The van der Waals surface area contributed by atoms with Gasteiger partial charge in [0.05, 0.1) is 0 Å². The Morgan fingerprint density at radius 2 is 0.857 bits per heavy atom. The van der Waals surface area contributed by atoms with Gasteiger partial charge in [0.15, 0.2) is 0 Å². The van der Waals surface area contributed by atoms with Crippen LogP contribution in [-0.2, 0) is 0 Å². The molecule has 0 saturated heterocycles. The second-order valence-corrected chi connectivity index (χ2v) is 10.1. The molecule has 0 fully saturated rings. The van der Waals surface area contributed by atoms with E-state index in [2.05, 4.69) is 113 Å². The van der Waals surface area contributed by atoms with Gasteiger partial charge in [0, 0.05) is 5.02 Å². The lowest BCUT2D eigenvalue weighted by molar-refractivity contribution is 1.38. The minimum Gasteiger partial charge on any atom is -0.0843 e. The summed E-state index contributed by atoms with van der Waals surface area (Å²) in [7, 11) is 0. The molecule has 0 heterocycles. The summed E-state index contributed by atoms with van der Waals surface area (Å²) < 4.78 is 0. The van der Waals surface area contributed by atoms with Gasteiger partial charge in [-0.2, -0.15) is 0 Å². The van der Waals surface area contributed by atoms with Crippen LogP contribution in [0.4, 0.5) is 0 Å². The van der Waals surface area contributed by atoms with E-state index < -0.39 is 0 Å². The van der Waals surface area contributed by atoms with E-state index in [4.69, 9.17) is 11.6 Å². The largest absolute Gasteiger partial charge is 0.0843 e. The average molecular weight is 471 g/mol. The van der Waals surface area contributed by atoms with Crippen LogP contribution < -0.4 is 0 Å². The number of rotatable bonds is 2. The van der Waals surface area contributed by atoms with E-state index in [1.165, 1.54) is 76.8 Å². The zero-order valence-corrected chi connectivity index (χ0v) is 21.3. The normalized spacial score (nSPS) is 11.6. The summed E-state index contributed by atoms with van der Waals surface area (Å²) in [4.78, 5) is 0. The number of benzene rings is 6. The van der Waals surface area contributed by atoms with Crippen LogP contribution in [0.3, 0.4) is 0 Å². The van der Waals surface area contributed by atoms with E-state index >= 15 is 0 Å². The van der Waals surface area contributed by atoms with Crippen LogP contribution in [0.1, 0.15) is 22.3 Å². The van der Waals surface area contributed by atoms with Gasteiger partial charge in [-0.3, -0.25) is 0 Å². The SMILES string of the molecule is Cc1cccc(C)c1-c1cc2c3ccc(Cl)cc3c(-c3c(C)cccc3C)cc2c2ccccc12. The number of halogens is 1. The molecule has 0 spiro atoms. The maximum absolute atomic E-state index is 6.57. The highest BCUT2D eigenvalue weighted by molar-refractivity contribution is 6.32. The summed E-state index contributed by atoms with van der Waals surface area (Å²) in [5.74, 6) is 0. The zero-order chi connectivity index (χ0) is 24.3. The summed E-state index contributed by atoms with van der Waals surface area (Å²) >= 11 is 6.57. The Hall–Kier alpha value is -3.61. The fourth-order valence-corrected chi connectivity index (χ4v) is 6.04. The number of aryl methyl sites for hydroxylation is 4. The molecule has 0 aliphatic heterocycles. The van der Waals surface area contributed by atoms with Crippen LogP contribution in [0.2, 0.25) is 5.02 Å². The van der Waals surface area contributed by atoms with Gasteiger partial charge in [0.1, 0.15) is 0 Å². The third-order valence-corrected chi connectivity index (χ3v) is 7.67. The van der Waals surface area contributed by atoms with Crippen molar-refractivity contribution in [3.63, 3.8) is 0 Å². The van der Waals surface area contributed by atoms with Crippen LogP contribution in [0.25, 0.3) is 54.6 Å². The molecule has 6 aromatic rings. The molecule has 6 aromatic carbocycles. The van der Waals surface area contributed by atoms with Gasteiger partial charge < -0.3 is 0 Å². The smallest absolute Gasteiger partial charge is 0.0412 e. The Labute approximate surface area is 211 Å². The van der Waals surface area contributed by atoms with Crippen molar-refractivity contribution in [2.24, 2.45) is 0 Å². The fourth-order valence-electron chi connectivity index (χ4n) is 5.86. The third-order valence-electron chi connectivity index (χ3n) is 7.44. The van der Waals surface area contributed by atoms with E-state index in [9.17, 15) is 0 Å². The zero-order valence-electron chi connectivity index (χ0n) is 20.5. The maximum atomic E-state index is 6.57. The first-order valence-electron chi connectivity index (χ1n) is 12.1. The minimum absolute atomic E-state index is 0.764. The molecule has 0 nitrogen and oxygen atoms in total.